The average molecular weight is 1340 g/mol. The van der Waals surface area contributed by atoms with Crippen LogP contribution >= 0.6 is 0 Å². The van der Waals surface area contributed by atoms with Crippen LogP contribution < -0.4 is 34.3 Å². The summed E-state index contributed by atoms with van der Waals surface area (Å²) in [5, 5.41) is 6.71. The second-order valence-corrected chi connectivity index (χ2v) is 35.2. The van der Waals surface area contributed by atoms with Crippen molar-refractivity contribution in [1.82, 2.24) is 5.32 Å². The number of urea groups is 1. The summed E-state index contributed by atoms with van der Waals surface area (Å²) in [6.45, 7) is 56.0. The van der Waals surface area contributed by atoms with Crippen molar-refractivity contribution in [2.24, 2.45) is 29.6 Å². The van der Waals surface area contributed by atoms with Crippen LogP contribution in [0.25, 0.3) is 0 Å². The SMILES string of the molecule is CC(C)CCCOc1c2cc(NC(=O)N[C@H](C)c3ccccc3)cc1Cc1cc(C(C)(C)C)cc(c1OCCCC(C)C)Cc1cc(C(C)(C)C)cc(c1OCCCC(C)C)Cc1cc(C(C)(C)C)cc(c1OCCCC(C)C)Cc1cc(C(C)(C)C)cc(c1OCCCC(C)C)C2. The number of anilines is 1. The van der Waals surface area contributed by atoms with Gasteiger partial charge < -0.3 is 34.3 Å². The number of fused-ring (bicyclic) bond motifs is 10. The molecule has 0 heterocycles. The van der Waals surface area contributed by atoms with Crippen molar-refractivity contribution in [2.75, 3.05) is 38.4 Å². The topological polar surface area (TPSA) is 87.3 Å². The Labute approximate surface area is 596 Å². The Balaban J connectivity index is 1.70. The summed E-state index contributed by atoms with van der Waals surface area (Å²) in [5.41, 5.74) is 16.9. The molecule has 0 aliphatic heterocycles. The molecule has 0 unspecified atom stereocenters. The van der Waals surface area contributed by atoms with Crippen molar-refractivity contribution in [2.45, 2.75) is 283 Å². The standard InChI is InChI=1S/C90H132N2O6/c1-59(2)32-27-39-94-81-66-44-67-50-77(88(15,16)17)52-69(82(67)95-40-28-33-60(3)4)46-71-54-79(90(21,22)23)56-73(84(71)97-42-30-35-62(7)8)48-75-58-80(92-86(93)91-64(11)65-37-25-24-26-38-65)57-74(85(75)98-43-31-36-63(9)10)47-72-55-78(89(18,19)20)53-70(83(72)96-41-29-34-61(5)6)45-68(81)51-76(49-66)87(12,13)14/h24-26,37-38,49-64H,27-36,39-48H2,1-23H3,(H2,91,92,93)/t64-/m1/s1. The van der Waals surface area contributed by atoms with Gasteiger partial charge in [0, 0.05) is 48.9 Å². The van der Waals surface area contributed by atoms with Crippen LogP contribution in [0.2, 0.25) is 0 Å². The number of hydrogen-bond donors (Lipinski definition) is 2. The summed E-state index contributed by atoms with van der Waals surface area (Å²) in [6.07, 6.45) is 12.7. The molecule has 8 nitrogen and oxygen atoms in total. The maximum atomic E-state index is 14.7. The first-order valence-corrected chi connectivity index (χ1v) is 38.1. The molecule has 0 spiro atoms. The van der Waals surface area contributed by atoms with Crippen molar-refractivity contribution >= 4 is 11.7 Å². The van der Waals surface area contributed by atoms with E-state index in [1.807, 2.05) is 25.1 Å². The van der Waals surface area contributed by atoms with E-state index >= 15 is 0 Å². The molecule has 6 aromatic carbocycles. The van der Waals surface area contributed by atoms with E-state index in [-0.39, 0.29) is 33.7 Å². The molecular formula is C90H132N2O6. The van der Waals surface area contributed by atoms with Gasteiger partial charge in [-0.1, -0.05) is 231 Å². The number of ether oxygens (including phenoxy) is 5. The highest BCUT2D eigenvalue weighted by Gasteiger charge is 2.31. The maximum Gasteiger partial charge on any atom is 0.319 e. The van der Waals surface area contributed by atoms with E-state index in [1.165, 1.54) is 33.4 Å². The Bertz CT molecular complexity index is 3330. The molecule has 538 valence electrons. The molecule has 7 rings (SSSR count). The summed E-state index contributed by atoms with van der Waals surface area (Å²) in [7, 11) is 0. The zero-order valence-electron chi connectivity index (χ0n) is 65.7. The lowest BCUT2D eigenvalue weighted by Gasteiger charge is -2.29. The quantitative estimate of drug-likeness (QED) is 0.0475. The summed E-state index contributed by atoms with van der Waals surface area (Å²) in [4.78, 5) is 14.7. The Morgan fingerprint density at radius 3 is 0.755 bits per heavy atom. The van der Waals surface area contributed by atoms with Gasteiger partial charge in [0.1, 0.15) is 28.7 Å². The lowest BCUT2D eigenvalue weighted by molar-refractivity contribution is 0.249. The van der Waals surface area contributed by atoms with Crippen molar-refractivity contribution in [3.05, 3.63) is 174 Å². The summed E-state index contributed by atoms with van der Waals surface area (Å²) in [5.74, 6) is 7.25. The van der Waals surface area contributed by atoms with Crippen LogP contribution in [0.5, 0.6) is 28.7 Å². The molecule has 2 amide bonds. The first-order valence-electron chi connectivity index (χ1n) is 38.1. The summed E-state index contributed by atoms with van der Waals surface area (Å²) < 4.78 is 37.3. The number of nitrogens with one attached hydrogen (secondary N) is 2. The van der Waals surface area contributed by atoms with Gasteiger partial charge in [-0.3, -0.25) is 0 Å². The Morgan fingerprint density at radius 1 is 0.337 bits per heavy atom. The molecule has 6 aromatic rings. The van der Waals surface area contributed by atoms with Gasteiger partial charge in [0.15, 0.2) is 0 Å². The van der Waals surface area contributed by atoms with E-state index in [0.717, 1.165) is 143 Å². The molecule has 1 aliphatic rings. The summed E-state index contributed by atoms with van der Waals surface area (Å²) in [6, 6.07) is 33.6. The van der Waals surface area contributed by atoms with Crippen molar-refractivity contribution in [3.63, 3.8) is 0 Å². The third kappa shape index (κ3) is 23.6. The molecule has 10 bridgehead atoms. The summed E-state index contributed by atoms with van der Waals surface area (Å²) >= 11 is 0. The zero-order chi connectivity index (χ0) is 71.9. The minimum absolute atomic E-state index is 0.198. The number of amides is 2. The normalized spacial score (nSPS) is 13.5. The second-order valence-electron chi connectivity index (χ2n) is 35.2. The third-order valence-electron chi connectivity index (χ3n) is 19.3. The van der Waals surface area contributed by atoms with Gasteiger partial charge in [0.05, 0.1) is 39.1 Å². The lowest BCUT2D eigenvalue weighted by atomic mass is 9.79. The predicted molar refractivity (Wildman–Crippen MR) is 416 cm³/mol. The fourth-order valence-electron chi connectivity index (χ4n) is 13.4. The first-order chi connectivity index (χ1) is 46.0. The van der Waals surface area contributed by atoms with Gasteiger partial charge in [-0.25, -0.2) is 4.79 Å². The van der Waals surface area contributed by atoms with E-state index in [0.29, 0.717) is 100 Å². The van der Waals surface area contributed by atoms with E-state index in [1.54, 1.807) is 0 Å². The largest absolute Gasteiger partial charge is 0.493 e. The van der Waals surface area contributed by atoms with E-state index in [2.05, 4.69) is 236 Å². The molecule has 2 N–H and O–H groups in total. The highest BCUT2D eigenvalue weighted by atomic mass is 16.5. The van der Waals surface area contributed by atoms with Crippen LogP contribution in [0.15, 0.2) is 91.0 Å². The molecule has 0 radical (unpaired) electrons. The van der Waals surface area contributed by atoms with Gasteiger partial charge >= 0.3 is 6.03 Å². The fourth-order valence-corrected chi connectivity index (χ4v) is 13.4. The third-order valence-corrected chi connectivity index (χ3v) is 19.3. The Hall–Kier alpha value is -6.41. The highest BCUT2D eigenvalue weighted by molar-refractivity contribution is 5.90. The number of rotatable bonds is 28. The number of benzene rings is 6. The van der Waals surface area contributed by atoms with Crippen LogP contribution in [0, 0.1) is 29.6 Å². The van der Waals surface area contributed by atoms with Gasteiger partial charge in [0.25, 0.3) is 0 Å². The van der Waals surface area contributed by atoms with Crippen LogP contribution in [-0.2, 0) is 53.8 Å². The van der Waals surface area contributed by atoms with Gasteiger partial charge in [-0.05, 0) is 207 Å². The molecule has 0 saturated carbocycles. The Morgan fingerprint density at radius 2 is 0.551 bits per heavy atom. The van der Waals surface area contributed by atoms with Crippen molar-refractivity contribution in [1.29, 1.82) is 0 Å². The van der Waals surface area contributed by atoms with Crippen LogP contribution in [0.4, 0.5) is 10.5 Å². The molecule has 0 saturated heterocycles. The molecular weight excluding hydrogens is 1200 g/mol. The fraction of sp³-hybridized carbons (Fsp3) is 0.589. The number of carbonyl (C=O) groups excluding carboxylic acids is 1. The van der Waals surface area contributed by atoms with Crippen LogP contribution in [0.1, 0.15) is 313 Å². The molecule has 0 aromatic heterocycles. The van der Waals surface area contributed by atoms with E-state index in [4.69, 9.17) is 23.7 Å². The smallest absolute Gasteiger partial charge is 0.319 e. The van der Waals surface area contributed by atoms with E-state index < -0.39 is 0 Å². The van der Waals surface area contributed by atoms with Gasteiger partial charge in [0.2, 0.25) is 0 Å². The molecule has 0 fully saturated rings. The van der Waals surface area contributed by atoms with Gasteiger partial charge in [-0.2, -0.15) is 0 Å². The van der Waals surface area contributed by atoms with Crippen LogP contribution in [-0.4, -0.2) is 39.1 Å². The predicted octanol–water partition coefficient (Wildman–Crippen LogP) is 24.1. The maximum absolute atomic E-state index is 14.7. The van der Waals surface area contributed by atoms with Crippen molar-refractivity contribution in [3.8, 4) is 28.7 Å². The van der Waals surface area contributed by atoms with Crippen molar-refractivity contribution < 1.29 is 28.5 Å². The molecule has 8 heteroatoms. The van der Waals surface area contributed by atoms with Crippen LogP contribution in [0.3, 0.4) is 0 Å². The van der Waals surface area contributed by atoms with E-state index in [9.17, 15) is 4.79 Å². The first kappa shape index (κ1) is 78.9. The van der Waals surface area contributed by atoms with Gasteiger partial charge in [-0.15, -0.1) is 0 Å². The second kappa shape index (κ2) is 35.3. The minimum atomic E-state index is -0.277. The minimum Gasteiger partial charge on any atom is -0.493 e. The lowest BCUT2D eigenvalue weighted by Crippen LogP contribution is -2.31. The Kier molecular flexibility index (Phi) is 28.4. The zero-order valence-corrected chi connectivity index (χ0v) is 65.7. The number of carbonyl (C=O) groups is 1. The molecule has 98 heavy (non-hydrogen) atoms. The average Bonchev–Trinajstić information content (AvgIpc) is 0.770. The monoisotopic (exact) mass is 1340 g/mol. The number of hydrogen-bond acceptors (Lipinski definition) is 6. The molecule has 1 atom stereocenters. The molecule has 1 aliphatic carbocycles. The highest BCUT2D eigenvalue weighted by Crippen LogP contribution is 2.46.